The van der Waals surface area contributed by atoms with E-state index in [9.17, 15) is 0 Å². The van der Waals surface area contributed by atoms with E-state index in [-0.39, 0.29) is 0 Å². The molecule has 0 atom stereocenters. The Balaban J connectivity index is 2.83. The first-order valence-electron chi connectivity index (χ1n) is 4.93. The minimum absolute atomic E-state index is 0.566. The zero-order valence-electron chi connectivity index (χ0n) is 9.10. The van der Waals surface area contributed by atoms with Gasteiger partial charge in [0.2, 0.25) is 0 Å². The van der Waals surface area contributed by atoms with E-state index >= 15 is 0 Å². The molecule has 1 heterocycles. The van der Waals surface area contributed by atoms with Crippen molar-refractivity contribution in [3.05, 3.63) is 72.7 Å². The third-order valence-electron chi connectivity index (χ3n) is 1.62. The molecule has 0 saturated heterocycles. The van der Waals surface area contributed by atoms with Gasteiger partial charge in [0, 0.05) is 5.28 Å². The predicted octanol–water partition coefficient (Wildman–Crippen LogP) is 3.53. The molecule has 84 valence electrons. The summed E-state index contributed by atoms with van der Waals surface area (Å²) in [7, 11) is 0. The maximum atomic E-state index is 8.83. The lowest BCUT2D eigenvalue weighted by atomic mass is 10.2. The Kier molecular flexibility index (Phi) is 6.29. The lowest BCUT2D eigenvalue weighted by Crippen LogP contribution is -1.68. The zero-order chi connectivity index (χ0) is 12.2. The molecule has 0 spiro atoms. The van der Waals surface area contributed by atoms with Gasteiger partial charge in [-0.05, 0) is 24.3 Å². The van der Waals surface area contributed by atoms with Gasteiger partial charge in [-0.25, -0.2) is 0 Å². The lowest BCUT2D eigenvalue weighted by Gasteiger charge is -1.82. The van der Waals surface area contributed by atoms with Crippen molar-refractivity contribution in [1.82, 2.24) is 0 Å². The standard InChI is InChI=1S/C13H11N3O/c14-12-13-8-4-1-2-7-11-17-16-15-10-6-3-5-9-13/h1-11H. The summed E-state index contributed by atoms with van der Waals surface area (Å²) in [6.07, 6.45) is 18.5. The molecule has 1 aliphatic heterocycles. The molecule has 0 N–H and O–H groups in total. The normalized spacial score (nSPS) is 15.6. The molecule has 0 saturated carbocycles. The van der Waals surface area contributed by atoms with E-state index < -0.39 is 0 Å². The largest absolute Gasteiger partial charge is 0.347 e. The third kappa shape index (κ3) is 6.42. The van der Waals surface area contributed by atoms with Crippen LogP contribution in [0.15, 0.2) is 83.1 Å². The molecule has 0 aromatic heterocycles. The minimum atomic E-state index is 0.566. The first kappa shape index (κ1) is 12.4. The first-order chi connectivity index (χ1) is 8.43. The molecule has 1 aliphatic rings. The van der Waals surface area contributed by atoms with E-state index in [1.807, 2.05) is 0 Å². The Bertz CT molecular complexity index is 471. The van der Waals surface area contributed by atoms with Crippen LogP contribution in [0.5, 0.6) is 0 Å². The Labute approximate surface area is 99.9 Å². The molecular formula is C13H11N3O. The monoisotopic (exact) mass is 225 g/mol. The number of rotatable bonds is 0. The van der Waals surface area contributed by atoms with E-state index in [1.54, 1.807) is 54.7 Å². The van der Waals surface area contributed by atoms with Crippen molar-refractivity contribution >= 4 is 0 Å². The molecule has 0 fully saturated rings. The Morgan fingerprint density at radius 2 is 1.82 bits per heavy atom. The molecule has 0 aliphatic carbocycles. The summed E-state index contributed by atoms with van der Waals surface area (Å²) in [6.45, 7) is 0. The first-order valence-corrected chi connectivity index (χ1v) is 4.93. The van der Waals surface area contributed by atoms with Crippen LogP contribution in [0.4, 0.5) is 0 Å². The van der Waals surface area contributed by atoms with Crippen molar-refractivity contribution in [3.63, 3.8) is 0 Å². The molecule has 0 unspecified atom stereocenters. The fourth-order valence-electron chi connectivity index (χ4n) is 0.891. The molecule has 17 heavy (non-hydrogen) atoms. The van der Waals surface area contributed by atoms with E-state index in [1.165, 1.54) is 12.5 Å². The molecule has 1 rings (SSSR count). The summed E-state index contributed by atoms with van der Waals surface area (Å²) in [6, 6.07) is 2.08. The van der Waals surface area contributed by atoms with Crippen LogP contribution < -0.4 is 0 Å². The van der Waals surface area contributed by atoms with Crippen LogP contribution in [0.1, 0.15) is 0 Å². The summed E-state index contributed by atoms with van der Waals surface area (Å²) in [5.41, 5.74) is 0.566. The predicted molar refractivity (Wildman–Crippen MR) is 65.3 cm³/mol. The van der Waals surface area contributed by atoms with Crippen LogP contribution >= 0.6 is 0 Å². The van der Waals surface area contributed by atoms with E-state index in [4.69, 9.17) is 10.1 Å². The average Bonchev–Trinajstić information content (AvgIpc) is 2.36. The SMILES string of the molecule is N#CC1=CC=CC=CN=NOC=CC=CC=C1. The molecule has 0 amide bonds. The Morgan fingerprint density at radius 3 is 2.71 bits per heavy atom. The van der Waals surface area contributed by atoms with Crippen molar-refractivity contribution in [2.24, 2.45) is 10.4 Å². The number of allylic oxidation sites excluding steroid dienone is 10. The van der Waals surface area contributed by atoms with Gasteiger partial charge < -0.3 is 4.84 Å². The van der Waals surface area contributed by atoms with Crippen LogP contribution in [-0.4, -0.2) is 0 Å². The van der Waals surface area contributed by atoms with Crippen LogP contribution in [-0.2, 0) is 4.84 Å². The molecule has 0 aromatic carbocycles. The van der Waals surface area contributed by atoms with Crippen molar-refractivity contribution in [3.8, 4) is 6.07 Å². The highest BCUT2D eigenvalue weighted by Gasteiger charge is 1.83. The van der Waals surface area contributed by atoms with Gasteiger partial charge in [0.05, 0.1) is 17.8 Å². The summed E-state index contributed by atoms with van der Waals surface area (Å²) < 4.78 is 0. The molecule has 0 bridgehead atoms. The minimum Gasteiger partial charge on any atom is -0.347 e. The smallest absolute Gasteiger partial charge is 0.124 e. The van der Waals surface area contributed by atoms with Gasteiger partial charge in [0.15, 0.2) is 0 Å². The highest BCUT2D eigenvalue weighted by atomic mass is 16.6. The van der Waals surface area contributed by atoms with Crippen LogP contribution in [0, 0.1) is 11.3 Å². The summed E-state index contributed by atoms with van der Waals surface area (Å²) in [5.74, 6) is 0. The van der Waals surface area contributed by atoms with E-state index in [0.29, 0.717) is 5.57 Å². The number of hydrogen-bond acceptors (Lipinski definition) is 4. The van der Waals surface area contributed by atoms with Gasteiger partial charge in [-0.1, -0.05) is 30.4 Å². The number of nitrogens with zero attached hydrogens (tertiary/aromatic N) is 3. The van der Waals surface area contributed by atoms with Crippen LogP contribution in [0.25, 0.3) is 0 Å². The van der Waals surface area contributed by atoms with E-state index in [2.05, 4.69) is 16.5 Å². The number of hydrogen-bond donors (Lipinski definition) is 0. The summed E-state index contributed by atoms with van der Waals surface area (Å²) in [5, 5.41) is 15.9. The lowest BCUT2D eigenvalue weighted by molar-refractivity contribution is 0.242. The highest BCUT2D eigenvalue weighted by Crippen LogP contribution is 1.97. The highest BCUT2D eigenvalue weighted by molar-refractivity contribution is 5.37. The second kappa shape index (κ2) is 8.62. The van der Waals surface area contributed by atoms with Crippen molar-refractivity contribution in [1.29, 1.82) is 5.26 Å². The zero-order valence-corrected chi connectivity index (χ0v) is 9.10. The topological polar surface area (TPSA) is 57.7 Å². The van der Waals surface area contributed by atoms with Crippen LogP contribution in [0.3, 0.4) is 0 Å². The molecule has 4 nitrogen and oxygen atoms in total. The molecule has 0 radical (unpaired) electrons. The van der Waals surface area contributed by atoms with Gasteiger partial charge in [-0.15, -0.1) is 5.11 Å². The second-order valence-corrected chi connectivity index (χ2v) is 2.84. The van der Waals surface area contributed by atoms with E-state index in [0.717, 1.165) is 0 Å². The van der Waals surface area contributed by atoms with Gasteiger partial charge in [0.1, 0.15) is 6.26 Å². The quantitative estimate of drug-likeness (QED) is 0.633. The average molecular weight is 225 g/mol. The fourth-order valence-corrected chi connectivity index (χ4v) is 0.891. The molecule has 0 aromatic rings. The van der Waals surface area contributed by atoms with Crippen LogP contribution in [0.2, 0.25) is 0 Å². The Morgan fingerprint density at radius 1 is 1.00 bits per heavy atom. The van der Waals surface area contributed by atoms with Crippen molar-refractivity contribution in [2.45, 2.75) is 0 Å². The summed E-state index contributed by atoms with van der Waals surface area (Å²) in [4.78, 5) is 4.71. The van der Waals surface area contributed by atoms with Crippen molar-refractivity contribution in [2.75, 3.05) is 0 Å². The molecule has 4 heteroatoms. The summed E-state index contributed by atoms with van der Waals surface area (Å²) >= 11 is 0. The number of nitriles is 1. The van der Waals surface area contributed by atoms with Gasteiger partial charge in [0.25, 0.3) is 0 Å². The molecular weight excluding hydrogens is 214 g/mol. The second-order valence-electron chi connectivity index (χ2n) is 2.84. The van der Waals surface area contributed by atoms with Gasteiger partial charge in [-0.3, -0.25) is 0 Å². The van der Waals surface area contributed by atoms with Gasteiger partial charge >= 0.3 is 0 Å². The third-order valence-corrected chi connectivity index (χ3v) is 1.62. The maximum Gasteiger partial charge on any atom is 0.124 e. The Hall–Kier alpha value is -2.67. The maximum absolute atomic E-state index is 8.83. The van der Waals surface area contributed by atoms with Gasteiger partial charge in [-0.2, -0.15) is 5.26 Å². The van der Waals surface area contributed by atoms with Crippen molar-refractivity contribution < 1.29 is 4.84 Å². The fraction of sp³-hybridized carbons (Fsp3) is 0.